The highest BCUT2D eigenvalue weighted by Gasteiger charge is 2.24. The fourth-order valence-electron chi connectivity index (χ4n) is 2.41. The second-order valence-corrected chi connectivity index (χ2v) is 7.62. The minimum Gasteiger partial charge on any atom is -0.311 e. The molecule has 0 spiro atoms. The molecular weight excluding hydrogens is 228 g/mol. The SMILES string of the molecule is Cc1csc(CCNC(C)(C)CC(C)(C)C)n1. The number of nitrogens with one attached hydrogen (secondary N) is 1. The van der Waals surface area contributed by atoms with E-state index in [0.29, 0.717) is 5.41 Å². The zero-order valence-corrected chi connectivity index (χ0v) is 12.9. The largest absolute Gasteiger partial charge is 0.311 e. The van der Waals surface area contributed by atoms with Gasteiger partial charge < -0.3 is 5.32 Å². The summed E-state index contributed by atoms with van der Waals surface area (Å²) in [5.74, 6) is 0. The van der Waals surface area contributed by atoms with Gasteiger partial charge >= 0.3 is 0 Å². The first kappa shape index (κ1) is 14.7. The van der Waals surface area contributed by atoms with Crippen LogP contribution >= 0.6 is 11.3 Å². The van der Waals surface area contributed by atoms with Gasteiger partial charge in [-0.3, -0.25) is 0 Å². The molecule has 1 aromatic rings. The van der Waals surface area contributed by atoms with Gasteiger partial charge in [0.1, 0.15) is 0 Å². The van der Waals surface area contributed by atoms with Gasteiger partial charge in [-0.15, -0.1) is 11.3 Å². The molecule has 0 bridgehead atoms. The molecule has 0 aliphatic carbocycles. The molecule has 0 fully saturated rings. The molecule has 2 nitrogen and oxygen atoms in total. The highest BCUT2D eigenvalue weighted by molar-refractivity contribution is 7.09. The Bertz CT molecular complexity index is 347. The smallest absolute Gasteiger partial charge is 0.0940 e. The summed E-state index contributed by atoms with van der Waals surface area (Å²) < 4.78 is 0. The number of hydrogen-bond donors (Lipinski definition) is 1. The Kier molecular flexibility index (Phi) is 4.73. The Morgan fingerprint density at radius 1 is 1.24 bits per heavy atom. The molecular formula is C14H26N2S. The number of aromatic nitrogens is 1. The summed E-state index contributed by atoms with van der Waals surface area (Å²) in [6.45, 7) is 14.5. The Hall–Kier alpha value is -0.410. The number of hydrogen-bond acceptors (Lipinski definition) is 3. The highest BCUT2D eigenvalue weighted by Crippen LogP contribution is 2.26. The third kappa shape index (κ3) is 6.18. The van der Waals surface area contributed by atoms with Crippen LogP contribution in [0.25, 0.3) is 0 Å². The van der Waals surface area contributed by atoms with E-state index >= 15 is 0 Å². The van der Waals surface area contributed by atoms with Gasteiger partial charge in [0, 0.05) is 29.6 Å². The average Bonchev–Trinajstić information content (AvgIpc) is 2.46. The first-order valence-electron chi connectivity index (χ1n) is 6.34. The topological polar surface area (TPSA) is 24.9 Å². The van der Waals surface area contributed by atoms with Crippen molar-refractivity contribution in [3.05, 3.63) is 16.1 Å². The van der Waals surface area contributed by atoms with Crippen LogP contribution in [0.1, 0.15) is 51.7 Å². The molecule has 0 aliphatic heterocycles. The molecule has 0 aliphatic rings. The normalized spacial score (nSPS) is 13.1. The highest BCUT2D eigenvalue weighted by atomic mass is 32.1. The lowest BCUT2D eigenvalue weighted by Crippen LogP contribution is -2.43. The van der Waals surface area contributed by atoms with Crippen molar-refractivity contribution in [2.75, 3.05) is 6.54 Å². The van der Waals surface area contributed by atoms with Crippen molar-refractivity contribution in [3.8, 4) is 0 Å². The van der Waals surface area contributed by atoms with E-state index in [1.54, 1.807) is 11.3 Å². The van der Waals surface area contributed by atoms with Crippen molar-refractivity contribution in [3.63, 3.8) is 0 Å². The van der Waals surface area contributed by atoms with Crippen molar-refractivity contribution in [2.24, 2.45) is 5.41 Å². The first-order valence-corrected chi connectivity index (χ1v) is 7.22. The second-order valence-electron chi connectivity index (χ2n) is 6.68. The third-order valence-electron chi connectivity index (χ3n) is 2.58. The average molecular weight is 254 g/mol. The van der Waals surface area contributed by atoms with Gasteiger partial charge in [0.2, 0.25) is 0 Å². The lowest BCUT2D eigenvalue weighted by molar-refractivity contribution is 0.243. The summed E-state index contributed by atoms with van der Waals surface area (Å²) >= 11 is 1.76. The lowest BCUT2D eigenvalue weighted by atomic mass is 9.82. The molecule has 3 heteroatoms. The molecule has 1 rings (SSSR count). The molecule has 1 heterocycles. The number of thiazole rings is 1. The van der Waals surface area contributed by atoms with Gasteiger partial charge in [-0.1, -0.05) is 20.8 Å². The third-order valence-corrected chi connectivity index (χ3v) is 3.61. The van der Waals surface area contributed by atoms with Crippen LogP contribution in [0.3, 0.4) is 0 Å². The standard InChI is InChI=1S/C14H26N2S/c1-11-9-17-12(16-11)7-8-15-14(5,6)10-13(2,3)4/h9,15H,7-8,10H2,1-6H3. The molecule has 0 radical (unpaired) electrons. The summed E-state index contributed by atoms with van der Waals surface area (Å²) in [5, 5.41) is 7.00. The molecule has 0 amide bonds. The van der Waals surface area contributed by atoms with Crippen molar-refractivity contribution >= 4 is 11.3 Å². The molecule has 0 saturated heterocycles. The van der Waals surface area contributed by atoms with Crippen molar-refractivity contribution in [1.29, 1.82) is 0 Å². The Morgan fingerprint density at radius 3 is 2.35 bits per heavy atom. The quantitative estimate of drug-likeness (QED) is 0.864. The maximum Gasteiger partial charge on any atom is 0.0940 e. The molecule has 98 valence electrons. The second kappa shape index (κ2) is 5.49. The van der Waals surface area contributed by atoms with Crippen LogP contribution < -0.4 is 5.32 Å². The van der Waals surface area contributed by atoms with Crippen LogP contribution in [0.15, 0.2) is 5.38 Å². The summed E-state index contributed by atoms with van der Waals surface area (Å²) in [4.78, 5) is 4.48. The van der Waals surface area contributed by atoms with Crippen LogP contribution in [0.5, 0.6) is 0 Å². The molecule has 0 unspecified atom stereocenters. The molecule has 0 aromatic carbocycles. The monoisotopic (exact) mass is 254 g/mol. The first-order chi connectivity index (χ1) is 7.68. The van der Waals surface area contributed by atoms with Gasteiger partial charge in [0.05, 0.1) is 5.01 Å². The van der Waals surface area contributed by atoms with E-state index in [2.05, 4.69) is 57.2 Å². The summed E-state index contributed by atoms with van der Waals surface area (Å²) in [7, 11) is 0. The van der Waals surface area contributed by atoms with Gasteiger partial charge in [-0.25, -0.2) is 4.98 Å². The van der Waals surface area contributed by atoms with Crippen molar-refractivity contribution in [1.82, 2.24) is 10.3 Å². The zero-order chi connectivity index (χ0) is 13.1. The molecule has 0 saturated carbocycles. The number of rotatable bonds is 5. The van der Waals surface area contributed by atoms with Crippen LogP contribution in [0.4, 0.5) is 0 Å². The Labute approximate surface area is 110 Å². The van der Waals surface area contributed by atoms with Gasteiger partial charge in [-0.05, 0) is 32.6 Å². The Morgan fingerprint density at radius 2 is 1.88 bits per heavy atom. The summed E-state index contributed by atoms with van der Waals surface area (Å²) in [6, 6.07) is 0. The van der Waals surface area contributed by atoms with Gasteiger partial charge in [-0.2, -0.15) is 0 Å². The maximum absolute atomic E-state index is 4.48. The lowest BCUT2D eigenvalue weighted by Gasteiger charge is -2.33. The van der Waals surface area contributed by atoms with E-state index in [-0.39, 0.29) is 5.54 Å². The van der Waals surface area contributed by atoms with E-state index in [4.69, 9.17) is 0 Å². The van der Waals surface area contributed by atoms with Crippen LogP contribution in [-0.2, 0) is 6.42 Å². The van der Waals surface area contributed by atoms with E-state index in [1.807, 2.05) is 0 Å². The molecule has 1 aromatic heterocycles. The van der Waals surface area contributed by atoms with Crippen LogP contribution in [0.2, 0.25) is 0 Å². The number of aryl methyl sites for hydroxylation is 1. The van der Waals surface area contributed by atoms with Gasteiger partial charge in [0.15, 0.2) is 0 Å². The van der Waals surface area contributed by atoms with E-state index in [0.717, 1.165) is 18.7 Å². The maximum atomic E-state index is 4.48. The van der Waals surface area contributed by atoms with E-state index < -0.39 is 0 Å². The number of nitrogens with zero attached hydrogens (tertiary/aromatic N) is 1. The molecule has 0 atom stereocenters. The minimum atomic E-state index is 0.199. The summed E-state index contributed by atoms with van der Waals surface area (Å²) in [6.07, 6.45) is 2.21. The molecule has 17 heavy (non-hydrogen) atoms. The van der Waals surface area contributed by atoms with E-state index in [1.165, 1.54) is 11.4 Å². The minimum absolute atomic E-state index is 0.199. The van der Waals surface area contributed by atoms with Crippen LogP contribution in [0, 0.1) is 12.3 Å². The predicted octanol–water partition coefficient (Wildman–Crippen LogP) is 3.80. The summed E-state index contributed by atoms with van der Waals surface area (Å²) in [5.41, 5.74) is 1.71. The fraction of sp³-hybridized carbons (Fsp3) is 0.786. The molecule has 1 N–H and O–H groups in total. The Balaban J connectivity index is 2.35. The van der Waals surface area contributed by atoms with Crippen LogP contribution in [-0.4, -0.2) is 17.1 Å². The van der Waals surface area contributed by atoms with Crippen molar-refractivity contribution in [2.45, 2.75) is 59.9 Å². The van der Waals surface area contributed by atoms with Gasteiger partial charge in [0.25, 0.3) is 0 Å². The fourth-order valence-corrected chi connectivity index (χ4v) is 3.19. The predicted molar refractivity (Wildman–Crippen MR) is 76.7 cm³/mol. The zero-order valence-electron chi connectivity index (χ0n) is 12.1. The van der Waals surface area contributed by atoms with Crippen molar-refractivity contribution < 1.29 is 0 Å². The van der Waals surface area contributed by atoms with E-state index in [9.17, 15) is 0 Å².